The fraction of sp³-hybridized carbons (Fsp3) is 0.214. The number of carbonyl (C=O) groups excluding carboxylic acids is 1. The van der Waals surface area contributed by atoms with E-state index >= 15 is 0 Å². The van der Waals surface area contributed by atoms with Crippen LogP contribution >= 0.6 is 33.9 Å². The van der Waals surface area contributed by atoms with E-state index in [9.17, 15) is 4.79 Å². The molecule has 5 heteroatoms. The van der Waals surface area contributed by atoms with Gasteiger partial charge in [0, 0.05) is 8.45 Å². The minimum atomic E-state index is -0.343. The van der Waals surface area contributed by atoms with Gasteiger partial charge in [0.1, 0.15) is 4.88 Å². The number of thiophene rings is 1. The van der Waals surface area contributed by atoms with Crippen molar-refractivity contribution in [2.45, 2.75) is 13.8 Å². The molecule has 0 saturated carbocycles. The van der Waals surface area contributed by atoms with Crippen molar-refractivity contribution in [3.63, 3.8) is 0 Å². The normalized spacial score (nSPS) is 10.5. The van der Waals surface area contributed by atoms with E-state index in [0.717, 1.165) is 16.0 Å². The lowest BCUT2D eigenvalue weighted by atomic mass is 10.1. The molecule has 100 valence electrons. The topological polar surface area (TPSA) is 52.3 Å². The maximum atomic E-state index is 11.8. The second-order valence-corrected chi connectivity index (χ2v) is 6.29. The Labute approximate surface area is 129 Å². The molecule has 1 aromatic carbocycles. The first-order valence-corrected chi connectivity index (χ1v) is 7.76. The third-order valence-electron chi connectivity index (χ3n) is 2.76. The van der Waals surface area contributed by atoms with Crippen LogP contribution < -0.4 is 5.73 Å². The third-order valence-corrected chi connectivity index (χ3v) is 4.82. The number of benzene rings is 1. The summed E-state index contributed by atoms with van der Waals surface area (Å²) in [4.78, 5) is 13.3. The Morgan fingerprint density at radius 1 is 1.37 bits per heavy atom. The fourth-order valence-corrected chi connectivity index (χ4v) is 3.24. The summed E-state index contributed by atoms with van der Waals surface area (Å²) in [6.07, 6.45) is 0. The number of ether oxygens (including phenoxy) is 1. The van der Waals surface area contributed by atoms with Crippen molar-refractivity contribution in [3.8, 4) is 10.4 Å². The highest BCUT2D eigenvalue weighted by atomic mass is 127. The van der Waals surface area contributed by atoms with Gasteiger partial charge < -0.3 is 10.5 Å². The van der Waals surface area contributed by atoms with Gasteiger partial charge in [-0.1, -0.05) is 12.1 Å². The second kappa shape index (κ2) is 5.92. The minimum absolute atomic E-state index is 0.343. The number of halogens is 1. The molecule has 2 aromatic rings. The Bertz CT molecular complexity index is 605. The predicted molar refractivity (Wildman–Crippen MR) is 87.6 cm³/mol. The molecule has 1 heterocycles. The van der Waals surface area contributed by atoms with Gasteiger partial charge in [0.15, 0.2) is 0 Å². The summed E-state index contributed by atoms with van der Waals surface area (Å²) in [5.41, 5.74) is 8.55. The minimum Gasteiger partial charge on any atom is -0.462 e. The molecule has 1 aromatic heterocycles. The fourth-order valence-electron chi connectivity index (χ4n) is 1.75. The smallest absolute Gasteiger partial charge is 0.350 e. The van der Waals surface area contributed by atoms with Crippen molar-refractivity contribution < 1.29 is 9.53 Å². The van der Waals surface area contributed by atoms with Gasteiger partial charge in [0.25, 0.3) is 0 Å². The SMILES string of the molecule is CCOC(=O)c1sc(-c2ccc(I)cc2)c(C)c1N. The number of nitrogens with two attached hydrogens (primary N) is 1. The van der Waals surface area contributed by atoms with Gasteiger partial charge in [-0.15, -0.1) is 11.3 Å². The van der Waals surface area contributed by atoms with Crippen LogP contribution in [-0.4, -0.2) is 12.6 Å². The average Bonchev–Trinajstić information content (AvgIpc) is 2.68. The zero-order chi connectivity index (χ0) is 14.0. The molecule has 0 aliphatic carbocycles. The molecule has 0 fully saturated rings. The summed E-state index contributed by atoms with van der Waals surface area (Å²) in [5, 5.41) is 0. The van der Waals surface area contributed by atoms with E-state index in [1.807, 2.05) is 31.2 Å². The first kappa shape index (κ1) is 14.3. The zero-order valence-electron chi connectivity index (χ0n) is 10.7. The Hall–Kier alpha value is -1.08. The number of nitrogen functional groups attached to an aromatic ring is 1. The standard InChI is InChI=1S/C14H14INO2S/c1-3-18-14(17)13-11(16)8(2)12(19-13)9-4-6-10(15)7-5-9/h4-7H,3,16H2,1-2H3. The maximum Gasteiger partial charge on any atom is 0.350 e. The van der Waals surface area contributed by atoms with Crippen molar-refractivity contribution in [2.24, 2.45) is 0 Å². The number of anilines is 1. The molecule has 19 heavy (non-hydrogen) atoms. The van der Waals surface area contributed by atoms with Gasteiger partial charge in [-0.05, 0) is 59.7 Å². The Morgan fingerprint density at radius 2 is 2.00 bits per heavy atom. The molecule has 0 aliphatic rings. The van der Waals surface area contributed by atoms with E-state index in [2.05, 4.69) is 22.6 Å². The molecular formula is C14H14INO2S. The van der Waals surface area contributed by atoms with Crippen LogP contribution in [0.2, 0.25) is 0 Å². The average molecular weight is 387 g/mol. The number of rotatable bonds is 3. The van der Waals surface area contributed by atoms with Gasteiger partial charge >= 0.3 is 5.97 Å². The van der Waals surface area contributed by atoms with Crippen molar-refractivity contribution >= 4 is 45.6 Å². The molecule has 3 nitrogen and oxygen atoms in total. The summed E-state index contributed by atoms with van der Waals surface area (Å²) in [5.74, 6) is -0.343. The summed E-state index contributed by atoms with van der Waals surface area (Å²) in [6.45, 7) is 4.07. The molecule has 0 saturated heterocycles. The highest BCUT2D eigenvalue weighted by molar-refractivity contribution is 14.1. The van der Waals surface area contributed by atoms with E-state index < -0.39 is 0 Å². The van der Waals surface area contributed by atoms with Crippen LogP contribution in [0, 0.1) is 10.5 Å². The quantitative estimate of drug-likeness (QED) is 0.638. The van der Waals surface area contributed by atoms with Gasteiger partial charge in [-0.25, -0.2) is 4.79 Å². The molecule has 0 bridgehead atoms. The Balaban J connectivity index is 2.45. The highest BCUT2D eigenvalue weighted by Gasteiger charge is 2.20. The van der Waals surface area contributed by atoms with Gasteiger partial charge in [0.05, 0.1) is 12.3 Å². The summed E-state index contributed by atoms with van der Waals surface area (Å²) >= 11 is 3.65. The van der Waals surface area contributed by atoms with E-state index in [-0.39, 0.29) is 5.97 Å². The van der Waals surface area contributed by atoms with E-state index in [0.29, 0.717) is 17.2 Å². The second-order valence-electron chi connectivity index (χ2n) is 4.03. The van der Waals surface area contributed by atoms with Crippen LogP contribution in [0.1, 0.15) is 22.2 Å². The van der Waals surface area contributed by atoms with Gasteiger partial charge in [-0.2, -0.15) is 0 Å². The largest absolute Gasteiger partial charge is 0.462 e. The number of esters is 1. The summed E-state index contributed by atoms with van der Waals surface area (Å²) in [6, 6.07) is 8.15. The van der Waals surface area contributed by atoms with Crippen LogP contribution in [0.15, 0.2) is 24.3 Å². The summed E-state index contributed by atoms with van der Waals surface area (Å²) in [7, 11) is 0. The molecule has 0 aliphatic heterocycles. The van der Waals surface area contributed by atoms with Crippen molar-refractivity contribution in [1.82, 2.24) is 0 Å². The van der Waals surface area contributed by atoms with E-state index in [4.69, 9.17) is 10.5 Å². The van der Waals surface area contributed by atoms with Crippen molar-refractivity contribution in [3.05, 3.63) is 38.3 Å². The molecule has 0 unspecified atom stereocenters. The molecule has 0 radical (unpaired) electrons. The van der Waals surface area contributed by atoms with Crippen LogP contribution in [0.5, 0.6) is 0 Å². The number of hydrogen-bond acceptors (Lipinski definition) is 4. The molecular weight excluding hydrogens is 373 g/mol. The zero-order valence-corrected chi connectivity index (χ0v) is 13.7. The molecule has 2 N–H and O–H groups in total. The van der Waals surface area contributed by atoms with Gasteiger partial charge in [0.2, 0.25) is 0 Å². The van der Waals surface area contributed by atoms with Crippen molar-refractivity contribution in [2.75, 3.05) is 12.3 Å². The predicted octanol–water partition coefficient (Wildman–Crippen LogP) is 4.09. The first-order valence-electron chi connectivity index (χ1n) is 5.86. The van der Waals surface area contributed by atoms with Crippen LogP contribution in [0.25, 0.3) is 10.4 Å². The monoisotopic (exact) mass is 387 g/mol. The molecule has 0 atom stereocenters. The first-order chi connectivity index (χ1) is 9.04. The lowest BCUT2D eigenvalue weighted by Crippen LogP contribution is -2.05. The van der Waals surface area contributed by atoms with E-state index in [1.165, 1.54) is 14.9 Å². The van der Waals surface area contributed by atoms with Crippen molar-refractivity contribution in [1.29, 1.82) is 0 Å². The van der Waals surface area contributed by atoms with E-state index in [1.54, 1.807) is 6.92 Å². The lowest BCUT2D eigenvalue weighted by Gasteiger charge is -2.00. The Kier molecular flexibility index (Phi) is 4.46. The maximum absolute atomic E-state index is 11.8. The number of hydrogen-bond donors (Lipinski definition) is 1. The number of carbonyl (C=O) groups is 1. The van der Waals surface area contributed by atoms with Gasteiger partial charge in [-0.3, -0.25) is 0 Å². The highest BCUT2D eigenvalue weighted by Crippen LogP contribution is 2.38. The summed E-state index contributed by atoms with van der Waals surface area (Å²) < 4.78 is 6.20. The third kappa shape index (κ3) is 2.92. The van der Waals surface area contributed by atoms with Crippen LogP contribution in [-0.2, 0) is 4.74 Å². The Morgan fingerprint density at radius 3 is 2.58 bits per heavy atom. The van der Waals surface area contributed by atoms with Crippen LogP contribution in [0.3, 0.4) is 0 Å². The molecule has 2 rings (SSSR count). The lowest BCUT2D eigenvalue weighted by molar-refractivity contribution is 0.0533. The van der Waals surface area contributed by atoms with Crippen LogP contribution in [0.4, 0.5) is 5.69 Å². The molecule has 0 amide bonds. The molecule has 0 spiro atoms.